The Balaban J connectivity index is 1.93. The fourth-order valence-electron chi connectivity index (χ4n) is 2.39. The molecule has 148 valence electrons. The van der Waals surface area contributed by atoms with Gasteiger partial charge in [0, 0.05) is 5.02 Å². The Morgan fingerprint density at radius 3 is 2.39 bits per heavy atom. The Bertz CT molecular complexity index is 1090. The number of hydrogen-bond acceptors (Lipinski definition) is 5. The lowest BCUT2D eigenvalue weighted by molar-refractivity contribution is -0.153. The number of amides is 2. The molecule has 0 aromatic heterocycles. The van der Waals surface area contributed by atoms with Crippen molar-refractivity contribution < 1.29 is 35.9 Å². The third-order valence-electron chi connectivity index (χ3n) is 3.59. The SMILES string of the molecule is O=C1NC(=O)c2cc(S(=O)(=O)Nc3cc(Cl)ccc3OCC(F)(F)F)ccc21. The normalized spacial score (nSPS) is 13.9. The molecule has 1 aliphatic rings. The number of ether oxygens (including phenoxy) is 1. The first-order chi connectivity index (χ1) is 13.0. The molecule has 7 nitrogen and oxygen atoms in total. The fraction of sp³-hybridized carbons (Fsp3) is 0.125. The average molecular weight is 435 g/mol. The third-order valence-corrected chi connectivity index (χ3v) is 5.19. The van der Waals surface area contributed by atoms with Gasteiger partial charge in [0.15, 0.2) is 6.61 Å². The minimum atomic E-state index is -4.63. The van der Waals surface area contributed by atoms with Gasteiger partial charge in [0.1, 0.15) is 5.75 Å². The zero-order valence-corrected chi connectivity index (χ0v) is 15.2. The maximum atomic E-state index is 12.6. The number of anilines is 1. The van der Waals surface area contributed by atoms with Crippen LogP contribution in [0.25, 0.3) is 0 Å². The lowest BCUT2D eigenvalue weighted by Gasteiger charge is -2.15. The van der Waals surface area contributed by atoms with E-state index >= 15 is 0 Å². The van der Waals surface area contributed by atoms with Crippen molar-refractivity contribution in [2.75, 3.05) is 11.3 Å². The van der Waals surface area contributed by atoms with Crippen molar-refractivity contribution in [2.24, 2.45) is 0 Å². The monoisotopic (exact) mass is 434 g/mol. The van der Waals surface area contributed by atoms with Gasteiger partial charge in [-0.2, -0.15) is 13.2 Å². The van der Waals surface area contributed by atoms with E-state index in [0.29, 0.717) is 0 Å². The number of benzene rings is 2. The van der Waals surface area contributed by atoms with E-state index < -0.39 is 34.6 Å². The molecule has 0 spiro atoms. The summed E-state index contributed by atoms with van der Waals surface area (Å²) in [4.78, 5) is 22.9. The predicted octanol–water partition coefficient (Wildman–Crippen LogP) is 2.97. The standard InChI is InChI=1S/C16H10ClF3N2O5S/c17-8-1-4-13(27-7-16(18,19)20)12(5-8)22-28(25,26)9-2-3-10-11(6-9)15(24)21-14(10)23/h1-6,22H,7H2,(H,21,23,24). The van der Waals surface area contributed by atoms with E-state index in [1.54, 1.807) is 0 Å². The van der Waals surface area contributed by atoms with Gasteiger partial charge in [-0.25, -0.2) is 8.42 Å². The Morgan fingerprint density at radius 1 is 1.04 bits per heavy atom. The number of fused-ring (bicyclic) bond motifs is 1. The number of sulfonamides is 1. The van der Waals surface area contributed by atoms with Crippen molar-refractivity contribution in [1.82, 2.24) is 5.32 Å². The molecule has 0 bridgehead atoms. The summed E-state index contributed by atoms with van der Waals surface area (Å²) in [5.41, 5.74) is -0.439. The van der Waals surface area contributed by atoms with E-state index in [4.69, 9.17) is 11.6 Å². The zero-order valence-electron chi connectivity index (χ0n) is 13.6. The van der Waals surface area contributed by atoms with Crippen LogP contribution in [0.5, 0.6) is 5.75 Å². The van der Waals surface area contributed by atoms with E-state index in [2.05, 4.69) is 9.46 Å². The van der Waals surface area contributed by atoms with Gasteiger partial charge in [-0.1, -0.05) is 11.6 Å². The first-order valence-corrected chi connectivity index (χ1v) is 9.34. The highest BCUT2D eigenvalue weighted by Gasteiger charge is 2.30. The maximum Gasteiger partial charge on any atom is 0.422 e. The van der Waals surface area contributed by atoms with Crippen molar-refractivity contribution in [3.8, 4) is 5.75 Å². The van der Waals surface area contributed by atoms with Crippen molar-refractivity contribution in [1.29, 1.82) is 0 Å². The summed E-state index contributed by atoms with van der Waals surface area (Å²) < 4.78 is 69.1. The first kappa shape index (κ1) is 20.0. The smallest absolute Gasteiger partial charge is 0.422 e. The van der Waals surface area contributed by atoms with Gasteiger partial charge >= 0.3 is 6.18 Å². The minimum Gasteiger partial charge on any atom is -0.482 e. The van der Waals surface area contributed by atoms with Crippen LogP contribution in [0.2, 0.25) is 5.02 Å². The van der Waals surface area contributed by atoms with E-state index in [-0.39, 0.29) is 32.5 Å². The van der Waals surface area contributed by atoms with Gasteiger partial charge < -0.3 is 4.74 Å². The molecule has 28 heavy (non-hydrogen) atoms. The Hall–Kier alpha value is -2.79. The summed E-state index contributed by atoms with van der Waals surface area (Å²) in [7, 11) is -4.33. The van der Waals surface area contributed by atoms with Crippen LogP contribution in [0, 0.1) is 0 Å². The number of rotatable bonds is 5. The molecule has 0 atom stereocenters. The fourth-order valence-corrected chi connectivity index (χ4v) is 3.64. The van der Waals surface area contributed by atoms with E-state index in [1.807, 2.05) is 5.32 Å². The van der Waals surface area contributed by atoms with Crippen molar-refractivity contribution in [3.05, 3.63) is 52.5 Å². The summed E-state index contributed by atoms with van der Waals surface area (Å²) in [5, 5.41) is 2.07. The zero-order chi connectivity index (χ0) is 20.7. The lowest BCUT2D eigenvalue weighted by atomic mass is 10.1. The van der Waals surface area contributed by atoms with Crippen LogP contribution in [0.4, 0.5) is 18.9 Å². The molecule has 0 saturated heterocycles. The van der Waals surface area contributed by atoms with Crippen LogP contribution in [0.1, 0.15) is 20.7 Å². The number of carbonyl (C=O) groups excluding carboxylic acids is 2. The van der Waals surface area contributed by atoms with Crippen molar-refractivity contribution in [3.63, 3.8) is 0 Å². The summed E-state index contributed by atoms with van der Waals surface area (Å²) in [5.74, 6) is -1.80. The highest BCUT2D eigenvalue weighted by Crippen LogP contribution is 2.32. The summed E-state index contributed by atoms with van der Waals surface area (Å²) >= 11 is 5.79. The number of alkyl halides is 3. The predicted molar refractivity (Wildman–Crippen MR) is 92.0 cm³/mol. The molecule has 3 rings (SSSR count). The van der Waals surface area contributed by atoms with Gasteiger partial charge in [-0.15, -0.1) is 0 Å². The summed E-state index contributed by atoms with van der Waals surface area (Å²) in [6.45, 7) is -1.63. The molecule has 0 fully saturated rings. The van der Waals surface area contributed by atoms with Gasteiger partial charge in [0.25, 0.3) is 21.8 Å². The molecule has 2 aromatic carbocycles. The van der Waals surface area contributed by atoms with Crippen LogP contribution in [-0.4, -0.2) is 33.0 Å². The molecule has 2 N–H and O–H groups in total. The Morgan fingerprint density at radius 2 is 1.71 bits per heavy atom. The average Bonchev–Trinajstić information content (AvgIpc) is 2.87. The van der Waals surface area contributed by atoms with Crippen molar-refractivity contribution >= 4 is 39.1 Å². The topological polar surface area (TPSA) is 102 Å². The molecule has 1 heterocycles. The number of nitrogens with one attached hydrogen (secondary N) is 2. The second-order valence-electron chi connectivity index (χ2n) is 5.64. The van der Waals surface area contributed by atoms with Crippen LogP contribution in [0.15, 0.2) is 41.3 Å². The van der Waals surface area contributed by atoms with E-state index in [1.165, 1.54) is 6.07 Å². The molecule has 2 aromatic rings. The first-order valence-electron chi connectivity index (χ1n) is 7.48. The molecule has 0 saturated carbocycles. The molecule has 12 heteroatoms. The number of hydrogen-bond donors (Lipinski definition) is 2. The van der Waals surface area contributed by atoms with E-state index in [0.717, 1.165) is 30.3 Å². The van der Waals surface area contributed by atoms with E-state index in [9.17, 15) is 31.2 Å². The molecule has 1 aliphatic heterocycles. The van der Waals surface area contributed by atoms with Crippen molar-refractivity contribution in [2.45, 2.75) is 11.1 Å². The molecule has 0 unspecified atom stereocenters. The van der Waals surface area contributed by atoms with Crippen LogP contribution >= 0.6 is 11.6 Å². The van der Waals surface area contributed by atoms with Gasteiger partial charge in [0.2, 0.25) is 0 Å². The Labute approximate surface area is 161 Å². The minimum absolute atomic E-state index is 0.0147. The van der Waals surface area contributed by atoms with Gasteiger partial charge in [0.05, 0.1) is 21.7 Å². The van der Waals surface area contributed by atoms with Crippen LogP contribution in [0.3, 0.4) is 0 Å². The molecular weight excluding hydrogens is 425 g/mol. The second kappa shape index (κ2) is 6.99. The summed E-state index contributed by atoms with van der Waals surface area (Å²) in [6.07, 6.45) is -4.63. The maximum absolute atomic E-state index is 12.6. The number of imide groups is 1. The molecule has 0 aliphatic carbocycles. The molecular formula is C16H10ClF3N2O5S. The second-order valence-corrected chi connectivity index (χ2v) is 7.76. The molecule has 2 amide bonds. The van der Waals surface area contributed by atoms with Gasteiger partial charge in [-0.3, -0.25) is 19.6 Å². The summed E-state index contributed by atoms with van der Waals surface area (Å²) in [6, 6.07) is 6.62. The molecule has 0 radical (unpaired) electrons. The quantitative estimate of drug-likeness (QED) is 0.704. The number of carbonyl (C=O) groups is 2. The largest absolute Gasteiger partial charge is 0.482 e. The highest BCUT2D eigenvalue weighted by molar-refractivity contribution is 7.92. The highest BCUT2D eigenvalue weighted by atomic mass is 35.5. The third kappa shape index (κ3) is 4.20. The lowest BCUT2D eigenvalue weighted by Crippen LogP contribution is -2.20. The van der Waals surface area contributed by atoms with Crippen LogP contribution < -0.4 is 14.8 Å². The van der Waals surface area contributed by atoms with Gasteiger partial charge in [-0.05, 0) is 36.4 Å². The van der Waals surface area contributed by atoms with Crippen LogP contribution in [-0.2, 0) is 10.0 Å². The Kier molecular flexibility index (Phi) is 4.98. The number of halogens is 4.